The predicted octanol–water partition coefficient (Wildman–Crippen LogP) is 3.52. The van der Waals surface area contributed by atoms with Gasteiger partial charge in [-0.25, -0.2) is 0 Å². The van der Waals surface area contributed by atoms with E-state index in [1.54, 1.807) is 0 Å². The first-order valence-corrected chi connectivity index (χ1v) is 8.86. The van der Waals surface area contributed by atoms with E-state index in [0.717, 1.165) is 16.7 Å². The van der Waals surface area contributed by atoms with Crippen molar-refractivity contribution >= 4 is 5.91 Å². The number of hydrogen-bond acceptors (Lipinski definition) is 2. The van der Waals surface area contributed by atoms with Crippen molar-refractivity contribution in [2.45, 2.75) is 11.8 Å². The summed E-state index contributed by atoms with van der Waals surface area (Å²) in [6, 6.07) is 29.5. The quantitative estimate of drug-likeness (QED) is 0.508. The molecule has 2 N–H and O–H groups in total. The summed E-state index contributed by atoms with van der Waals surface area (Å²) in [6.45, 7) is 0.485. The molecule has 0 aromatic heterocycles. The van der Waals surface area contributed by atoms with E-state index in [2.05, 4.69) is 5.32 Å². The Kier molecular flexibility index (Phi) is 5.82. The summed E-state index contributed by atoms with van der Waals surface area (Å²) in [6.07, 6.45) is 0.528. The number of rotatable bonds is 7. The third-order valence-electron chi connectivity index (χ3n) is 4.58. The molecule has 0 unspecified atom stereocenters. The lowest BCUT2D eigenvalue weighted by molar-refractivity contribution is -0.124. The summed E-state index contributed by atoms with van der Waals surface area (Å²) in [5.41, 5.74) is 1.80. The van der Waals surface area contributed by atoms with E-state index in [1.807, 2.05) is 91.0 Å². The molecule has 0 atom stereocenters. The molecule has 0 saturated heterocycles. The van der Waals surface area contributed by atoms with E-state index < -0.39 is 5.41 Å². The summed E-state index contributed by atoms with van der Waals surface area (Å²) >= 11 is 0. The van der Waals surface area contributed by atoms with Crippen LogP contribution >= 0.6 is 0 Å². The number of aliphatic hydroxyl groups excluding tert-OH is 1. The van der Waals surface area contributed by atoms with Crippen molar-refractivity contribution in [3.63, 3.8) is 0 Å². The van der Waals surface area contributed by atoms with Crippen LogP contribution in [0.2, 0.25) is 0 Å². The van der Waals surface area contributed by atoms with E-state index in [9.17, 15) is 4.79 Å². The van der Waals surface area contributed by atoms with Crippen molar-refractivity contribution in [1.29, 1.82) is 0 Å². The molecule has 0 fully saturated rings. The van der Waals surface area contributed by atoms with Gasteiger partial charge in [-0.05, 0) is 23.1 Å². The van der Waals surface area contributed by atoms with Crippen molar-refractivity contribution in [3.05, 3.63) is 108 Å². The fourth-order valence-electron chi connectivity index (χ4n) is 3.37. The number of aliphatic hydroxyl groups is 1. The molecule has 0 spiro atoms. The Hall–Kier alpha value is -2.91. The Labute approximate surface area is 154 Å². The highest BCUT2D eigenvalue weighted by molar-refractivity contribution is 5.96. The predicted molar refractivity (Wildman–Crippen MR) is 104 cm³/mol. The molecule has 0 aliphatic carbocycles. The minimum atomic E-state index is -0.945. The van der Waals surface area contributed by atoms with Crippen molar-refractivity contribution in [2.75, 3.05) is 13.2 Å². The van der Waals surface area contributed by atoms with E-state index in [0.29, 0.717) is 13.0 Å². The monoisotopic (exact) mass is 345 g/mol. The van der Waals surface area contributed by atoms with Crippen LogP contribution in [0.15, 0.2) is 91.0 Å². The molecule has 3 aromatic rings. The van der Waals surface area contributed by atoms with Crippen molar-refractivity contribution in [1.82, 2.24) is 5.32 Å². The second kappa shape index (κ2) is 8.45. The Bertz CT molecular complexity index is 720. The molecular formula is C23H23NO2. The number of benzene rings is 3. The van der Waals surface area contributed by atoms with Crippen LogP contribution in [0.4, 0.5) is 0 Å². The molecule has 26 heavy (non-hydrogen) atoms. The molecule has 0 heterocycles. The van der Waals surface area contributed by atoms with Crippen LogP contribution in [0.25, 0.3) is 0 Å². The second-order valence-corrected chi connectivity index (χ2v) is 6.18. The number of hydrogen-bond donors (Lipinski definition) is 2. The highest BCUT2D eigenvalue weighted by Crippen LogP contribution is 2.39. The second-order valence-electron chi connectivity index (χ2n) is 6.18. The molecule has 3 rings (SSSR count). The van der Waals surface area contributed by atoms with Crippen molar-refractivity contribution < 1.29 is 9.90 Å². The van der Waals surface area contributed by atoms with E-state index in [-0.39, 0.29) is 12.5 Å². The molecule has 0 saturated carbocycles. The number of carbonyl (C=O) groups is 1. The van der Waals surface area contributed by atoms with E-state index in [1.165, 1.54) is 0 Å². The molecule has 1 amide bonds. The highest BCUT2D eigenvalue weighted by Gasteiger charge is 2.43. The van der Waals surface area contributed by atoms with Crippen molar-refractivity contribution in [2.24, 2.45) is 0 Å². The Balaban J connectivity index is 2.23. The lowest BCUT2D eigenvalue weighted by Gasteiger charge is -2.34. The number of amides is 1. The maximum atomic E-state index is 13.5. The van der Waals surface area contributed by atoms with E-state index in [4.69, 9.17) is 5.11 Å². The van der Waals surface area contributed by atoms with Gasteiger partial charge in [0.1, 0.15) is 5.41 Å². The maximum absolute atomic E-state index is 13.5. The molecular weight excluding hydrogens is 322 g/mol. The Morgan fingerprint density at radius 1 is 0.731 bits per heavy atom. The zero-order valence-electron chi connectivity index (χ0n) is 14.6. The minimum absolute atomic E-state index is 0.0509. The van der Waals surface area contributed by atoms with Crippen LogP contribution < -0.4 is 5.32 Å². The van der Waals surface area contributed by atoms with Gasteiger partial charge in [0.05, 0.1) is 0 Å². The maximum Gasteiger partial charge on any atom is 0.239 e. The summed E-state index contributed by atoms with van der Waals surface area (Å²) in [4.78, 5) is 13.5. The van der Waals surface area contributed by atoms with Gasteiger partial charge in [-0.1, -0.05) is 91.0 Å². The van der Waals surface area contributed by atoms with E-state index >= 15 is 0 Å². The van der Waals surface area contributed by atoms with Crippen LogP contribution in [0, 0.1) is 0 Å². The third kappa shape index (κ3) is 3.39. The molecule has 132 valence electrons. The first kappa shape index (κ1) is 17.9. The van der Waals surface area contributed by atoms with Crippen LogP contribution in [-0.4, -0.2) is 24.2 Å². The Morgan fingerprint density at radius 2 is 1.12 bits per heavy atom. The number of carbonyl (C=O) groups excluding carboxylic acids is 1. The summed E-state index contributed by atoms with van der Waals surface area (Å²) in [7, 11) is 0. The van der Waals surface area contributed by atoms with Crippen LogP contribution in [0.3, 0.4) is 0 Å². The molecule has 3 heteroatoms. The van der Waals surface area contributed by atoms with Crippen LogP contribution in [-0.2, 0) is 10.2 Å². The highest BCUT2D eigenvalue weighted by atomic mass is 16.3. The van der Waals surface area contributed by atoms with Gasteiger partial charge in [-0.3, -0.25) is 4.79 Å². The summed E-state index contributed by atoms with van der Waals surface area (Å²) in [5, 5.41) is 12.1. The van der Waals surface area contributed by atoms with Gasteiger partial charge in [0, 0.05) is 13.2 Å². The standard InChI is InChI=1S/C23H23NO2/c25-18-10-17-24-22(26)23(19-11-4-1-5-12-19,20-13-6-2-7-14-20)21-15-8-3-9-16-21/h1-9,11-16,25H,10,17-18H2,(H,24,26). The first-order valence-electron chi connectivity index (χ1n) is 8.86. The van der Waals surface area contributed by atoms with Crippen molar-refractivity contribution in [3.8, 4) is 0 Å². The van der Waals surface area contributed by atoms with Gasteiger partial charge >= 0.3 is 0 Å². The van der Waals surface area contributed by atoms with Crippen LogP contribution in [0.1, 0.15) is 23.1 Å². The van der Waals surface area contributed by atoms with Gasteiger partial charge in [-0.15, -0.1) is 0 Å². The lowest BCUT2D eigenvalue weighted by Crippen LogP contribution is -2.46. The first-order chi connectivity index (χ1) is 12.8. The van der Waals surface area contributed by atoms with Crippen LogP contribution in [0.5, 0.6) is 0 Å². The summed E-state index contributed by atoms with van der Waals surface area (Å²) < 4.78 is 0. The smallest absolute Gasteiger partial charge is 0.239 e. The Morgan fingerprint density at radius 3 is 1.46 bits per heavy atom. The molecule has 3 aromatic carbocycles. The molecule has 3 nitrogen and oxygen atoms in total. The van der Waals surface area contributed by atoms with Gasteiger partial charge in [-0.2, -0.15) is 0 Å². The molecule has 0 aliphatic rings. The zero-order valence-corrected chi connectivity index (χ0v) is 14.6. The van der Waals surface area contributed by atoms with Gasteiger partial charge in [0.2, 0.25) is 5.91 Å². The minimum Gasteiger partial charge on any atom is -0.396 e. The normalized spacial score (nSPS) is 11.1. The van der Waals surface area contributed by atoms with Gasteiger partial charge in [0.15, 0.2) is 0 Å². The topological polar surface area (TPSA) is 49.3 Å². The molecule has 0 aliphatic heterocycles. The molecule has 0 bridgehead atoms. The average Bonchev–Trinajstić information content (AvgIpc) is 2.71. The summed E-state index contributed by atoms with van der Waals surface area (Å²) in [5.74, 6) is -0.0884. The third-order valence-corrected chi connectivity index (χ3v) is 4.58. The SMILES string of the molecule is O=C(NCCCO)C(c1ccccc1)(c1ccccc1)c1ccccc1. The molecule has 0 radical (unpaired) electrons. The average molecular weight is 345 g/mol. The number of nitrogens with one attached hydrogen (secondary N) is 1. The fourth-order valence-corrected chi connectivity index (χ4v) is 3.37. The lowest BCUT2D eigenvalue weighted by atomic mass is 9.68. The largest absolute Gasteiger partial charge is 0.396 e. The van der Waals surface area contributed by atoms with Gasteiger partial charge < -0.3 is 10.4 Å². The fraction of sp³-hybridized carbons (Fsp3) is 0.174. The van der Waals surface area contributed by atoms with Gasteiger partial charge in [0.25, 0.3) is 0 Å². The zero-order chi connectivity index (χ0) is 18.2.